The number of nitrogens with one attached hydrogen (secondary N) is 2. The number of piperidine rings is 1. The number of fused-ring (bicyclic) bond motifs is 1. The van der Waals surface area contributed by atoms with Crippen LogP contribution in [0.25, 0.3) is 5.65 Å². The van der Waals surface area contributed by atoms with Gasteiger partial charge in [0.2, 0.25) is 0 Å². The first kappa shape index (κ1) is 23.6. The van der Waals surface area contributed by atoms with Crippen LogP contribution >= 0.6 is 24.2 Å². The summed E-state index contributed by atoms with van der Waals surface area (Å²) in [5.41, 5.74) is 3.69. The molecule has 168 valence electrons. The maximum absolute atomic E-state index is 13.5. The lowest BCUT2D eigenvalue weighted by molar-refractivity contribution is 0.406. The van der Waals surface area contributed by atoms with Crippen LogP contribution in [0.1, 0.15) is 43.9 Å². The Morgan fingerprint density at radius 1 is 1.29 bits per heavy atom. The zero-order chi connectivity index (χ0) is 21.1. The fraction of sp³-hybridized carbons (Fsp3) is 0.455. The Balaban J connectivity index is 0.00000272. The summed E-state index contributed by atoms with van der Waals surface area (Å²) in [4.78, 5) is 4.62. The third-order valence-corrected chi connectivity index (χ3v) is 6.60. The zero-order valence-electron chi connectivity index (χ0n) is 18.0. The third kappa shape index (κ3) is 5.42. The van der Waals surface area contributed by atoms with Gasteiger partial charge in [-0.05, 0) is 44.0 Å². The lowest BCUT2D eigenvalue weighted by atomic mass is 10.1. The average molecular weight is 466 g/mol. The number of benzene rings is 1. The van der Waals surface area contributed by atoms with E-state index in [1.54, 1.807) is 13.2 Å². The maximum Gasteiger partial charge on any atom is 0.177 e. The Hall–Kier alpha value is -2.03. The molecular weight excluding hydrogens is 437 g/mol. The molecule has 31 heavy (non-hydrogen) atoms. The van der Waals surface area contributed by atoms with Gasteiger partial charge < -0.3 is 15.4 Å². The van der Waals surface area contributed by atoms with E-state index >= 15 is 0 Å². The Bertz CT molecular complexity index is 1020. The van der Waals surface area contributed by atoms with E-state index in [1.165, 1.54) is 12.1 Å². The molecule has 1 aliphatic rings. The minimum Gasteiger partial charge on any atom is -0.496 e. The Morgan fingerprint density at radius 2 is 2.06 bits per heavy atom. The molecule has 0 aliphatic carbocycles. The molecule has 1 aliphatic heterocycles. The number of halogens is 2. The second kappa shape index (κ2) is 10.5. The predicted octanol–water partition coefficient (Wildman–Crippen LogP) is 4.88. The Labute approximate surface area is 192 Å². The van der Waals surface area contributed by atoms with Gasteiger partial charge >= 0.3 is 0 Å². The standard InChI is InChI=1S/C22H28FN5OS.ClH/c1-14(2)19-13-26-22-18(25-12-15-4-5-16(23)10-20(15)29-3)11-21(27-28(19)22)30-17-6-8-24-9-7-17;/h4-5,10-11,13-14,17,24-25H,6-9,12H2,1-3H3;1H. The average Bonchev–Trinajstić information content (AvgIpc) is 3.17. The molecule has 0 atom stereocenters. The molecule has 0 amide bonds. The van der Waals surface area contributed by atoms with Crippen molar-refractivity contribution >= 4 is 35.5 Å². The topological polar surface area (TPSA) is 63.5 Å². The fourth-order valence-electron chi connectivity index (χ4n) is 3.68. The molecule has 3 heterocycles. The van der Waals surface area contributed by atoms with Crippen LogP contribution in [0.3, 0.4) is 0 Å². The third-order valence-electron chi connectivity index (χ3n) is 5.36. The molecule has 0 bridgehead atoms. The normalized spacial score (nSPS) is 14.6. The first-order chi connectivity index (χ1) is 14.5. The molecule has 9 heteroatoms. The highest BCUT2D eigenvalue weighted by Crippen LogP contribution is 2.32. The van der Waals surface area contributed by atoms with Crippen LogP contribution in [0.15, 0.2) is 35.5 Å². The van der Waals surface area contributed by atoms with Gasteiger partial charge in [0, 0.05) is 23.4 Å². The van der Waals surface area contributed by atoms with E-state index in [0.717, 1.165) is 53.5 Å². The van der Waals surface area contributed by atoms with E-state index in [0.29, 0.717) is 23.5 Å². The number of methoxy groups -OCH3 is 1. The quantitative estimate of drug-likeness (QED) is 0.518. The summed E-state index contributed by atoms with van der Waals surface area (Å²) in [5, 5.41) is 13.3. The molecule has 0 unspecified atom stereocenters. The summed E-state index contributed by atoms with van der Waals surface area (Å²) in [6.45, 7) is 6.91. The molecule has 1 aromatic carbocycles. The molecule has 4 rings (SSSR count). The Morgan fingerprint density at radius 3 is 2.77 bits per heavy atom. The molecule has 0 saturated carbocycles. The molecule has 1 saturated heterocycles. The summed E-state index contributed by atoms with van der Waals surface area (Å²) in [6, 6.07) is 6.68. The number of nitrogens with zero attached hydrogens (tertiary/aromatic N) is 3. The summed E-state index contributed by atoms with van der Waals surface area (Å²) < 4.78 is 20.8. The van der Waals surface area contributed by atoms with Gasteiger partial charge in [0.05, 0.1) is 24.7 Å². The van der Waals surface area contributed by atoms with Gasteiger partial charge in [0.1, 0.15) is 16.6 Å². The van der Waals surface area contributed by atoms with Crippen molar-refractivity contribution in [1.29, 1.82) is 0 Å². The molecule has 2 N–H and O–H groups in total. The molecule has 1 fully saturated rings. The van der Waals surface area contributed by atoms with Crippen LogP contribution in [0.2, 0.25) is 0 Å². The lowest BCUT2D eigenvalue weighted by Crippen LogP contribution is -2.29. The number of ether oxygens (including phenoxy) is 1. The van der Waals surface area contributed by atoms with Gasteiger partial charge in [-0.2, -0.15) is 5.10 Å². The number of aromatic nitrogens is 3. The van der Waals surface area contributed by atoms with Crippen molar-refractivity contribution in [1.82, 2.24) is 19.9 Å². The Kier molecular flexibility index (Phi) is 8.02. The SMILES string of the molecule is COc1cc(F)ccc1CNc1cc(SC2CCNCC2)nn2c(C(C)C)cnc12.Cl. The number of hydrogen-bond donors (Lipinski definition) is 2. The van der Waals surface area contributed by atoms with Crippen molar-refractivity contribution in [3.63, 3.8) is 0 Å². The minimum atomic E-state index is -0.308. The summed E-state index contributed by atoms with van der Waals surface area (Å²) in [5.74, 6) is 0.539. The molecule has 0 spiro atoms. The van der Waals surface area contributed by atoms with Crippen LogP contribution < -0.4 is 15.4 Å². The number of rotatable bonds is 7. The monoisotopic (exact) mass is 465 g/mol. The second-order valence-electron chi connectivity index (χ2n) is 7.85. The largest absolute Gasteiger partial charge is 0.496 e. The molecular formula is C22H29ClFN5OS. The fourth-order valence-corrected chi connectivity index (χ4v) is 4.81. The molecule has 6 nitrogen and oxygen atoms in total. The van der Waals surface area contributed by atoms with E-state index in [-0.39, 0.29) is 18.2 Å². The van der Waals surface area contributed by atoms with Crippen molar-refractivity contribution in [2.24, 2.45) is 0 Å². The number of imidazole rings is 1. The van der Waals surface area contributed by atoms with Crippen LogP contribution in [-0.2, 0) is 6.54 Å². The van der Waals surface area contributed by atoms with Crippen molar-refractivity contribution < 1.29 is 9.13 Å². The predicted molar refractivity (Wildman–Crippen MR) is 126 cm³/mol. The van der Waals surface area contributed by atoms with Crippen LogP contribution in [0.4, 0.5) is 10.1 Å². The van der Waals surface area contributed by atoms with Crippen molar-refractivity contribution in [3.05, 3.63) is 47.5 Å². The zero-order valence-corrected chi connectivity index (χ0v) is 19.7. The van der Waals surface area contributed by atoms with Crippen molar-refractivity contribution in [3.8, 4) is 5.75 Å². The van der Waals surface area contributed by atoms with E-state index in [2.05, 4.69) is 35.5 Å². The van der Waals surface area contributed by atoms with E-state index in [4.69, 9.17) is 9.84 Å². The molecule has 3 aromatic rings. The van der Waals surface area contributed by atoms with Gasteiger partial charge in [0.25, 0.3) is 0 Å². The van der Waals surface area contributed by atoms with Crippen LogP contribution in [-0.4, -0.2) is 40.0 Å². The lowest BCUT2D eigenvalue weighted by Gasteiger charge is -2.22. The number of hydrogen-bond acceptors (Lipinski definition) is 6. The van der Waals surface area contributed by atoms with E-state index in [9.17, 15) is 4.39 Å². The van der Waals surface area contributed by atoms with Crippen molar-refractivity contribution in [2.75, 3.05) is 25.5 Å². The van der Waals surface area contributed by atoms with Gasteiger partial charge in [-0.1, -0.05) is 19.9 Å². The van der Waals surface area contributed by atoms with Gasteiger partial charge in [-0.25, -0.2) is 13.9 Å². The van der Waals surface area contributed by atoms with E-state index < -0.39 is 0 Å². The van der Waals surface area contributed by atoms with E-state index in [1.807, 2.05) is 22.5 Å². The van der Waals surface area contributed by atoms with Crippen LogP contribution in [0, 0.1) is 5.82 Å². The first-order valence-electron chi connectivity index (χ1n) is 10.4. The van der Waals surface area contributed by atoms with Gasteiger partial charge in [-0.15, -0.1) is 24.2 Å². The van der Waals surface area contributed by atoms with Crippen LogP contribution in [0.5, 0.6) is 5.75 Å². The molecule has 0 radical (unpaired) electrons. The minimum absolute atomic E-state index is 0. The van der Waals surface area contributed by atoms with Crippen molar-refractivity contribution in [2.45, 2.75) is 49.4 Å². The summed E-state index contributed by atoms with van der Waals surface area (Å²) in [6.07, 6.45) is 4.18. The molecule has 2 aromatic heterocycles. The van der Waals surface area contributed by atoms with Gasteiger partial charge in [0.15, 0.2) is 5.65 Å². The maximum atomic E-state index is 13.5. The van der Waals surface area contributed by atoms with Gasteiger partial charge in [-0.3, -0.25) is 0 Å². The smallest absolute Gasteiger partial charge is 0.177 e. The second-order valence-corrected chi connectivity index (χ2v) is 9.17. The highest BCUT2D eigenvalue weighted by Gasteiger charge is 2.19. The highest BCUT2D eigenvalue weighted by molar-refractivity contribution is 7.99. The first-order valence-corrected chi connectivity index (χ1v) is 11.3. The summed E-state index contributed by atoms with van der Waals surface area (Å²) >= 11 is 1.83. The highest BCUT2D eigenvalue weighted by atomic mass is 35.5. The number of thioether (sulfide) groups is 1. The summed E-state index contributed by atoms with van der Waals surface area (Å²) in [7, 11) is 1.56. The number of anilines is 1.